The van der Waals surface area contributed by atoms with Crippen LogP contribution in [0.2, 0.25) is 5.02 Å². The second kappa shape index (κ2) is 9.98. The predicted molar refractivity (Wildman–Crippen MR) is 120 cm³/mol. The molecule has 160 valence electrons. The van der Waals surface area contributed by atoms with Crippen LogP contribution >= 0.6 is 23.4 Å². The number of ether oxygens (including phenoxy) is 1. The number of rotatable bonds is 9. The largest absolute Gasteiger partial charge is 0.497 e. The summed E-state index contributed by atoms with van der Waals surface area (Å²) in [5, 5.41) is 14.3. The van der Waals surface area contributed by atoms with Crippen LogP contribution in [0.3, 0.4) is 0 Å². The molecular weight excluding hydrogens is 434 g/mol. The maximum Gasteiger partial charge on any atom is 0.258 e. The zero-order chi connectivity index (χ0) is 21.6. The number of aryl methyl sites for hydroxylation is 2. The Balaban J connectivity index is 1.38. The van der Waals surface area contributed by atoms with Crippen LogP contribution in [0.4, 0.5) is 0 Å². The normalized spacial score (nSPS) is 11.1. The van der Waals surface area contributed by atoms with E-state index in [1.54, 1.807) is 24.9 Å². The van der Waals surface area contributed by atoms with Crippen LogP contribution < -0.4 is 4.74 Å². The summed E-state index contributed by atoms with van der Waals surface area (Å²) in [6.45, 7) is 2.89. The van der Waals surface area contributed by atoms with Gasteiger partial charge in [-0.25, -0.2) is 0 Å². The van der Waals surface area contributed by atoms with Crippen LogP contribution in [0.5, 0.6) is 5.75 Å². The van der Waals surface area contributed by atoms with Crippen molar-refractivity contribution in [2.75, 3.05) is 7.11 Å². The van der Waals surface area contributed by atoms with Gasteiger partial charge in [-0.05, 0) is 49.2 Å². The van der Waals surface area contributed by atoms with Gasteiger partial charge in [0.2, 0.25) is 0 Å². The van der Waals surface area contributed by atoms with Gasteiger partial charge in [0.25, 0.3) is 5.89 Å². The smallest absolute Gasteiger partial charge is 0.258 e. The molecule has 2 heterocycles. The van der Waals surface area contributed by atoms with Crippen molar-refractivity contribution in [1.29, 1.82) is 0 Å². The molecule has 4 rings (SSSR count). The number of benzene rings is 2. The molecule has 0 saturated carbocycles. The van der Waals surface area contributed by atoms with Gasteiger partial charge in [0.1, 0.15) is 11.6 Å². The Bertz CT molecular complexity index is 1140. The van der Waals surface area contributed by atoms with E-state index in [9.17, 15) is 0 Å². The Morgan fingerprint density at radius 1 is 1.10 bits per heavy atom. The van der Waals surface area contributed by atoms with Crippen LogP contribution in [0.25, 0.3) is 11.5 Å². The molecule has 0 atom stereocenters. The predicted octanol–water partition coefficient (Wildman–Crippen LogP) is 5.09. The lowest BCUT2D eigenvalue weighted by Gasteiger charge is -2.07. The van der Waals surface area contributed by atoms with Gasteiger partial charge >= 0.3 is 0 Å². The number of hydrogen-bond donors (Lipinski definition) is 0. The first-order valence-electron chi connectivity index (χ1n) is 9.92. The van der Waals surface area contributed by atoms with Crippen LogP contribution in [0.1, 0.15) is 24.1 Å². The molecule has 0 amide bonds. The zero-order valence-corrected chi connectivity index (χ0v) is 18.9. The second-order valence-electron chi connectivity index (χ2n) is 6.81. The van der Waals surface area contributed by atoms with Crippen molar-refractivity contribution in [3.63, 3.8) is 0 Å². The van der Waals surface area contributed by atoms with Crippen LogP contribution in [0, 0.1) is 0 Å². The average molecular weight is 456 g/mol. The molecule has 31 heavy (non-hydrogen) atoms. The van der Waals surface area contributed by atoms with Crippen LogP contribution in [-0.2, 0) is 25.1 Å². The van der Waals surface area contributed by atoms with E-state index in [1.807, 2.05) is 30.3 Å². The summed E-state index contributed by atoms with van der Waals surface area (Å²) < 4.78 is 12.7. The van der Waals surface area contributed by atoms with E-state index in [0.717, 1.165) is 41.7 Å². The Kier molecular flexibility index (Phi) is 6.89. The second-order valence-corrected chi connectivity index (χ2v) is 8.18. The molecule has 0 saturated heterocycles. The zero-order valence-electron chi connectivity index (χ0n) is 17.3. The summed E-state index contributed by atoms with van der Waals surface area (Å²) in [7, 11) is 1.67. The van der Waals surface area contributed by atoms with E-state index in [4.69, 9.17) is 20.9 Å². The fourth-order valence-electron chi connectivity index (χ4n) is 3.16. The number of halogens is 1. The number of methoxy groups -OCH3 is 1. The lowest BCUT2D eigenvalue weighted by atomic mass is 10.1. The van der Waals surface area contributed by atoms with E-state index < -0.39 is 0 Å². The highest BCUT2D eigenvalue weighted by molar-refractivity contribution is 7.98. The molecule has 0 aliphatic heterocycles. The van der Waals surface area contributed by atoms with Gasteiger partial charge in [-0.1, -0.05) is 46.7 Å². The molecular formula is C22H22ClN5O2S. The maximum atomic E-state index is 6.04. The third kappa shape index (κ3) is 5.26. The highest BCUT2D eigenvalue weighted by Crippen LogP contribution is 2.25. The Morgan fingerprint density at radius 2 is 1.94 bits per heavy atom. The molecule has 2 aromatic carbocycles. The van der Waals surface area contributed by atoms with Gasteiger partial charge in [0, 0.05) is 23.6 Å². The molecule has 0 N–H and O–H groups in total. The molecule has 0 spiro atoms. The minimum atomic E-state index is 0.454. The first-order chi connectivity index (χ1) is 15.2. The number of nitrogens with zero attached hydrogens (tertiary/aromatic N) is 5. The molecule has 9 heteroatoms. The third-order valence-electron chi connectivity index (χ3n) is 4.78. The molecule has 4 aromatic rings. The van der Waals surface area contributed by atoms with Gasteiger partial charge in [0.05, 0.1) is 12.9 Å². The van der Waals surface area contributed by atoms with Crippen LogP contribution in [0.15, 0.2) is 58.2 Å². The molecule has 0 radical (unpaired) electrons. The van der Waals surface area contributed by atoms with Gasteiger partial charge in [-0.15, -0.1) is 10.2 Å². The highest BCUT2D eigenvalue weighted by atomic mass is 35.5. The lowest BCUT2D eigenvalue weighted by Crippen LogP contribution is -2.05. The molecule has 7 nitrogen and oxygen atoms in total. The Hall–Kier alpha value is -2.84. The topological polar surface area (TPSA) is 78.9 Å². The molecule has 2 aromatic heterocycles. The summed E-state index contributed by atoms with van der Waals surface area (Å²) >= 11 is 7.58. The molecule has 0 aliphatic rings. The van der Waals surface area contributed by atoms with Gasteiger partial charge in [-0.3, -0.25) is 0 Å². The Labute approximate surface area is 189 Å². The maximum absolute atomic E-state index is 6.04. The fourth-order valence-corrected chi connectivity index (χ4v) is 4.21. The number of thioether (sulfide) groups is 1. The van der Waals surface area contributed by atoms with Crippen molar-refractivity contribution in [3.05, 3.63) is 70.8 Å². The van der Waals surface area contributed by atoms with Crippen LogP contribution in [-0.4, -0.2) is 32.0 Å². The van der Waals surface area contributed by atoms with Crippen molar-refractivity contribution in [1.82, 2.24) is 24.9 Å². The van der Waals surface area contributed by atoms with Gasteiger partial charge in [-0.2, -0.15) is 4.98 Å². The summed E-state index contributed by atoms with van der Waals surface area (Å²) in [5.74, 6) is 3.43. The number of hydrogen-bond acceptors (Lipinski definition) is 7. The first-order valence-corrected chi connectivity index (χ1v) is 11.3. The first kappa shape index (κ1) is 21.4. The quantitative estimate of drug-likeness (QED) is 0.325. The fraction of sp³-hybridized carbons (Fsp3) is 0.273. The van der Waals surface area contributed by atoms with Crippen molar-refractivity contribution in [2.24, 2.45) is 0 Å². The highest BCUT2D eigenvalue weighted by Gasteiger charge is 2.14. The molecule has 0 aliphatic carbocycles. The summed E-state index contributed by atoms with van der Waals surface area (Å²) in [6, 6.07) is 15.5. The Morgan fingerprint density at radius 3 is 2.68 bits per heavy atom. The van der Waals surface area contributed by atoms with Gasteiger partial charge in [0.15, 0.2) is 11.0 Å². The van der Waals surface area contributed by atoms with Gasteiger partial charge < -0.3 is 13.8 Å². The number of aromatic nitrogens is 5. The van der Waals surface area contributed by atoms with E-state index in [1.165, 1.54) is 5.56 Å². The van der Waals surface area contributed by atoms with E-state index >= 15 is 0 Å². The lowest BCUT2D eigenvalue weighted by molar-refractivity contribution is 0.414. The molecule has 0 bridgehead atoms. The standard InChI is InChI=1S/C22H22ClN5O2S/c1-3-28-20(12-9-15-7-10-18(29-2)11-8-15)25-26-22(28)31-14-19-24-21(30-27-19)16-5-4-6-17(23)13-16/h4-8,10-11,13H,3,9,12,14H2,1-2H3. The van der Waals surface area contributed by atoms with Crippen molar-refractivity contribution in [3.8, 4) is 17.2 Å². The van der Waals surface area contributed by atoms with E-state index in [2.05, 4.69) is 44.0 Å². The van der Waals surface area contributed by atoms with Crippen molar-refractivity contribution >= 4 is 23.4 Å². The van der Waals surface area contributed by atoms with E-state index in [-0.39, 0.29) is 0 Å². The third-order valence-corrected chi connectivity index (χ3v) is 5.97. The molecule has 0 unspecified atom stereocenters. The minimum absolute atomic E-state index is 0.454. The summed E-state index contributed by atoms with van der Waals surface area (Å²) in [5.41, 5.74) is 2.04. The average Bonchev–Trinajstić information content (AvgIpc) is 3.43. The minimum Gasteiger partial charge on any atom is -0.497 e. The summed E-state index contributed by atoms with van der Waals surface area (Å²) in [6.07, 6.45) is 1.70. The molecule has 0 fully saturated rings. The van der Waals surface area contributed by atoms with E-state index in [0.29, 0.717) is 22.5 Å². The monoisotopic (exact) mass is 455 g/mol. The SMILES string of the molecule is CCn1c(CCc2ccc(OC)cc2)nnc1SCc1noc(-c2cccc(Cl)c2)n1. The van der Waals surface area contributed by atoms with Crippen molar-refractivity contribution in [2.45, 2.75) is 37.2 Å². The summed E-state index contributed by atoms with van der Waals surface area (Å²) in [4.78, 5) is 4.46. The van der Waals surface area contributed by atoms with Crippen molar-refractivity contribution < 1.29 is 9.26 Å².